The molecular weight excluding hydrogens is 340 g/mol. The number of thiophene rings is 1. The molecule has 1 N–H and O–H groups in total. The van der Waals surface area contributed by atoms with Gasteiger partial charge in [0.15, 0.2) is 0 Å². The summed E-state index contributed by atoms with van der Waals surface area (Å²) in [5.74, 6) is -0.0628. The largest absolute Gasteiger partial charge is 0.342 e. The van der Waals surface area contributed by atoms with Crippen LogP contribution >= 0.6 is 27.3 Å². The fraction of sp³-hybridized carbons (Fsp3) is 0.571. The van der Waals surface area contributed by atoms with Crippen molar-refractivity contribution in [3.8, 4) is 0 Å². The van der Waals surface area contributed by atoms with Crippen LogP contribution in [-0.2, 0) is 16.1 Å². The molecule has 2 rings (SSSR count). The van der Waals surface area contributed by atoms with E-state index in [9.17, 15) is 9.59 Å². The number of amides is 2. The van der Waals surface area contributed by atoms with E-state index < -0.39 is 5.54 Å². The van der Waals surface area contributed by atoms with Crippen LogP contribution < -0.4 is 5.32 Å². The van der Waals surface area contributed by atoms with Gasteiger partial charge in [-0.05, 0) is 48.3 Å². The van der Waals surface area contributed by atoms with Crippen molar-refractivity contribution in [1.29, 1.82) is 0 Å². The highest BCUT2D eigenvalue weighted by Crippen LogP contribution is 2.29. The molecular formula is C14H19BrN2O2S. The van der Waals surface area contributed by atoms with Crippen molar-refractivity contribution in [3.63, 3.8) is 0 Å². The number of hydrogen-bond donors (Lipinski definition) is 1. The third-order valence-corrected chi connectivity index (χ3v) is 5.23. The van der Waals surface area contributed by atoms with Crippen LogP contribution in [0.2, 0.25) is 0 Å². The number of rotatable bonds is 4. The van der Waals surface area contributed by atoms with Gasteiger partial charge in [0, 0.05) is 4.88 Å². The Labute approximate surface area is 131 Å². The van der Waals surface area contributed by atoms with Gasteiger partial charge in [-0.15, -0.1) is 11.3 Å². The average molecular weight is 359 g/mol. The lowest BCUT2D eigenvalue weighted by molar-refractivity contribution is -0.156. The molecule has 1 aromatic heterocycles. The van der Waals surface area contributed by atoms with Crippen LogP contribution in [0, 0.1) is 0 Å². The molecule has 4 nitrogen and oxygen atoms in total. The second-order valence-corrected chi connectivity index (χ2v) is 8.05. The molecule has 1 atom stereocenters. The molecule has 0 bridgehead atoms. The van der Waals surface area contributed by atoms with Crippen molar-refractivity contribution in [2.45, 2.75) is 51.7 Å². The third kappa shape index (κ3) is 2.91. The number of nitrogens with zero attached hydrogens (tertiary/aromatic N) is 1. The normalized spacial score (nSPS) is 22.0. The topological polar surface area (TPSA) is 49.4 Å². The van der Waals surface area contributed by atoms with Gasteiger partial charge in [-0.3, -0.25) is 9.59 Å². The molecule has 0 spiro atoms. The first-order chi connectivity index (χ1) is 9.36. The summed E-state index contributed by atoms with van der Waals surface area (Å²) in [7, 11) is 0. The van der Waals surface area contributed by atoms with Crippen molar-refractivity contribution in [2.24, 2.45) is 0 Å². The van der Waals surface area contributed by atoms with Crippen molar-refractivity contribution in [1.82, 2.24) is 10.2 Å². The molecule has 110 valence electrons. The molecule has 1 aliphatic heterocycles. The first kappa shape index (κ1) is 15.5. The first-order valence-electron chi connectivity index (χ1n) is 6.73. The highest BCUT2D eigenvalue weighted by atomic mass is 79.9. The molecule has 0 aromatic carbocycles. The van der Waals surface area contributed by atoms with Gasteiger partial charge < -0.3 is 10.2 Å². The van der Waals surface area contributed by atoms with Gasteiger partial charge in [-0.2, -0.15) is 0 Å². The van der Waals surface area contributed by atoms with E-state index in [1.807, 2.05) is 19.1 Å². The Hall–Kier alpha value is -0.880. The summed E-state index contributed by atoms with van der Waals surface area (Å²) in [6.07, 6.45) is 1.56. The van der Waals surface area contributed by atoms with E-state index >= 15 is 0 Å². The quantitative estimate of drug-likeness (QED) is 0.899. The number of carbonyl (C=O) groups is 2. The Morgan fingerprint density at radius 1 is 1.40 bits per heavy atom. The van der Waals surface area contributed by atoms with E-state index in [-0.39, 0.29) is 17.9 Å². The average Bonchev–Trinajstić information content (AvgIpc) is 2.78. The fourth-order valence-electron chi connectivity index (χ4n) is 2.34. The van der Waals surface area contributed by atoms with E-state index in [0.29, 0.717) is 13.0 Å². The van der Waals surface area contributed by atoms with Gasteiger partial charge in [0.05, 0.1) is 10.3 Å². The molecule has 1 aromatic rings. The first-order valence-corrected chi connectivity index (χ1v) is 8.34. The fourth-order valence-corrected chi connectivity index (χ4v) is 3.81. The van der Waals surface area contributed by atoms with Crippen LogP contribution in [0.25, 0.3) is 0 Å². The lowest BCUT2D eigenvalue weighted by Crippen LogP contribution is -2.67. The maximum absolute atomic E-state index is 12.6. The summed E-state index contributed by atoms with van der Waals surface area (Å²) < 4.78 is 1.03. The lowest BCUT2D eigenvalue weighted by atomic mass is 9.94. The van der Waals surface area contributed by atoms with Gasteiger partial charge in [-0.25, -0.2) is 0 Å². The van der Waals surface area contributed by atoms with Crippen LogP contribution in [0.15, 0.2) is 15.9 Å². The number of piperazine rings is 1. The van der Waals surface area contributed by atoms with Crippen molar-refractivity contribution < 1.29 is 9.59 Å². The maximum atomic E-state index is 12.6. The minimum absolute atomic E-state index is 0.0148. The SMILES string of the molecule is CCCC1NC(=O)C(C)(C)N(Cc2ccc(Br)s2)C1=O. The van der Waals surface area contributed by atoms with Crippen molar-refractivity contribution in [2.75, 3.05) is 0 Å². The van der Waals surface area contributed by atoms with Crippen molar-refractivity contribution in [3.05, 3.63) is 20.8 Å². The minimum atomic E-state index is -0.808. The summed E-state index contributed by atoms with van der Waals surface area (Å²) in [4.78, 5) is 27.6. The number of hydrogen-bond acceptors (Lipinski definition) is 3. The molecule has 1 saturated heterocycles. The van der Waals surface area contributed by atoms with E-state index in [1.54, 1.807) is 30.1 Å². The summed E-state index contributed by atoms with van der Waals surface area (Å²) >= 11 is 5.02. The molecule has 1 fully saturated rings. The summed E-state index contributed by atoms with van der Waals surface area (Å²) in [5.41, 5.74) is -0.808. The molecule has 2 heterocycles. The maximum Gasteiger partial charge on any atom is 0.246 e. The van der Waals surface area contributed by atoms with Gasteiger partial charge >= 0.3 is 0 Å². The Morgan fingerprint density at radius 2 is 2.10 bits per heavy atom. The molecule has 1 aliphatic rings. The lowest BCUT2D eigenvalue weighted by Gasteiger charge is -2.44. The highest BCUT2D eigenvalue weighted by molar-refractivity contribution is 9.11. The van der Waals surface area contributed by atoms with Crippen LogP contribution in [0.3, 0.4) is 0 Å². The van der Waals surface area contributed by atoms with Gasteiger partial charge in [0.25, 0.3) is 0 Å². The Kier molecular flexibility index (Phi) is 4.54. The summed E-state index contributed by atoms with van der Waals surface area (Å²) in [6.45, 7) is 6.09. The number of carbonyl (C=O) groups excluding carboxylic acids is 2. The Morgan fingerprint density at radius 3 is 2.65 bits per heavy atom. The van der Waals surface area contributed by atoms with Crippen LogP contribution in [-0.4, -0.2) is 28.3 Å². The van der Waals surface area contributed by atoms with E-state index in [4.69, 9.17) is 0 Å². The van der Waals surface area contributed by atoms with Crippen LogP contribution in [0.1, 0.15) is 38.5 Å². The zero-order valence-corrected chi connectivity index (χ0v) is 14.3. The van der Waals surface area contributed by atoms with Crippen molar-refractivity contribution >= 4 is 39.1 Å². The smallest absolute Gasteiger partial charge is 0.246 e. The van der Waals surface area contributed by atoms with Gasteiger partial charge in [0.1, 0.15) is 11.6 Å². The molecule has 6 heteroatoms. The molecule has 2 amide bonds. The Balaban J connectivity index is 2.25. The van der Waals surface area contributed by atoms with Crippen LogP contribution in [0.5, 0.6) is 0 Å². The molecule has 1 unspecified atom stereocenters. The second kappa shape index (κ2) is 5.85. The molecule has 0 saturated carbocycles. The van der Waals surface area contributed by atoms with E-state index in [0.717, 1.165) is 15.1 Å². The number of halogens is 1. The summed E-state index contributed by atoms with van der Waals surface area (Å²) in [5, 5.41) is 2.84. The second-order valence-electron chi connectivity index (χ2n) is 5.50. The van der Waals surface area contributed by atoms with E-state index in [1.165, 1.54) is 0 Å². The zero-order valence-electron chi connectivity index (χ0n) is 11.9. The molecule has 0 aliphatic carbocycles. The molecule has 0 radical (unpaired) electrons. The monoisotopic (exact) mass is 358 g/mol. The van der Waals surface area contributed by atoms with Gasteiger partial charge in [-0.1, -0.05) is 13.3 Å². The van der Waals surface area contributed by atoms with E-state index in [2.05, 4.69) is 21.2 Å². The highest BCUT2D eigenvalue weighted by Gasteiger charge is 2.45. The standard InChI is InChI=1S/C14H19BrN2O2S/c1-4-5-10-12(18)17(14(2,3)13(19)16-10)8-9-6-7-11(15)20-9/h6-7,10H,4-5,8H2,1-3H3,(H,16,19). The Bertz CT molecular complexity index is 527. The van der Waals surface area contributed by atoms with Crippen LogP contribution in [0.4, 0.5) is 0 Å². The predicted molar refractivity (Wildman–Crippen MR) is 83.5 cm³/mol. The zero-order chi connectivity index (χ0) is 14.9. The molecule has 20 heavy (non-hydrogen) atoms. The third-order valence-electron chi connectivity index (χ3n) is 3.62. The minimum Gasteiger partial charge on any atom is -0.342 e. The predicted octanol–water partition coefficient (Wildman–Crippen LogP) is 2.92. The van der Waals surface area contributed by atoms with Gasteiger partial charge in [0.2, 0.25) is 11.8 Å². The summed E-state index contributed by atoms with van der Waals surface area (Å²) in [6, 6.07) is 3.56. The number of nitrogens with one attached hydrogen (secondary N) is 1.